The Morgan fingerprint density at radius 3 is 2.16 bits per heavy atom. The van der Waals surface area contributed by atoms with Gasteiger partial charge in [-0.25, -0.2) is 0 Å². The molecule has 0 spiro atoms. The van der Waals surface area contributed by atoms with Crippen LogP contribution in [0.2, 0.25) is 10.0 Å². The summed E-state index contributed by atoms with van der Waals surface area (Å²) in [6, 6.07) is 22.7. The van der Waals surface area contributed by atoms with Crippen molar-refractivity contribution in [2.45, 2.75) is 26.2 Å². The molecule has 0 bridgehead atoms. The maximum atomic E-state index is 12.7. The van der Waals surface area contributed by atoms with Crippen LogP contribution in [0.5, 0.6) is 0 Å². The van der Waals surface area contributed by atoms with E-state index in [1.807, 2.05) is 24.3 Å². The van der Waals surface area contributed by atoms with Crippen LogP contribution < -0.4 is 16.0 Å². The molecule has 194 valence electrons. The quantitative estimate of drug-likeness (QED) is 0.214. The lowest BCUT2D eigenvalue weighted by Crippen LogP contribution is -2.33. The molecule has 0 atom stereocenters. The second-order valence-corrected chi connectivity index (χ2v) is 10.8. The molecule has 0 fully saturated rings. The van der Waals surface area contributed by atoms with Crippen LogP contribution in [-0.4, -0.2) is 16.9 Å². The predicted molar refractivity (Wildman–Crippen MR) is 157 cm³/mol. The maximum absolute atomic E-state index is 12.7. The molecule has 0 aliphatic rings. The Morgan fingerprint density at radius 1 is 0.816 bits per heavy atom. The van der Waals surface area contributed by atoms with Gasteiger partial charge in [-0.15, -0.1) is 0 Å². The van der Waals surface area contributed by atoms with E-state index in [9.17, 15) is 9.59 Å². The zero-order chi connectivity index (χ0) is 27.4. The van der Waals surface area contributed by atoms with Crippen LogP contribution in [0.15, 0.2) is 83.3 Å². The Hall–Kier alpha value is -3.65. The monoisotopic (exact) mass is 565 g/mol. The van der Waals surface area contributed by atoms with Gasteiger partial charge in [0.05, 0.1) is 5.02 Å². The van der Waals surface area contributed by atoms with Crippen molar-refractivity contribution in [1.82, 2.24) is 5.32 Å². The van der Waals surface area contributed by atoms with Crippen molar-refractivity contribution in [3.63, 3.8) is 0 Å². The van der Waals surface area contributed by atoms with Crippen molar-refractivity contribution in [3.8, 4) is 11.3 Å². The Bertz CT molecular complexity index is 1510. The highest BCUT2D eigenvalue weighted by molar-refractivity contribution is 7.80. The van der Waals surface area contributed by atoms with E-state index >= 15 is 0 Å². The van der Waals surface area contributed by atoms with Crippen molar-refractivity contribution < 1.29 is 14.0 Å². The summed E-state index contributed by atoms with van der Waals surface area (Å²) in [6.07, 6.45) is 0. The third-order valence-corrected chi connectivity index (χ3v) is 6.40. The van der Waals surface area contributed by atoms with Gasteiger partial charge in [-0.2, -0.15) is 0 Å². The topological polar surface area (TPSA) is 83.4 Å². The summed E-state index contributed by atoms with van der Waals surface area (Å²) in [4.78, 5) is 25.4. The molecule has 0 saturated carbocycles. The van der Waals surface area contributed by atoms with Crippen LogP contribution in [0.4, 0.5) is 11.4 Å². The van der Waals surface area contributed by atoms with Crippen LogP contribution in [0.3, 0.4) is 0 Å². The second-order valence-electron chi connectivity index (χ2n) is 9.56. The van der Waals surface area contributed by atoms with Crippen LogP contribution in [-0.2, 0) is 5.41 Å². The van der Waals surface area contributed by atoms with Crippen molar-refractivity contribution in [2.24, 2.45) is 0 Å². The number of carbonyl (C=O) groups excluding carboxylic acids is 2. The largest absolute Gasteiger partial charge is 0.451 e. The number of amides is 2. The number of thiocarbonyl (C=S) groups is 1. The average molecular weight is 567 g/mol. The maximum Gasteiger partial charge on any atom is 0.293 e. The minimum absolute atomic E-state index is 0.00644. The molecule has 6 nitrogen and oxygen atoms in total. The number of nitrogens with one attached hydrogen (secondary N) is 3. The van der Waals surface area contributed by atoms with Gasteiger partial charge in [0.2, 0.25) is 0 Å². The van der Waals surface area contributed by atoms with Gasteiger partial charge in [0.1, 0.15) is 5.76 Å². The van der Waals surface area contributed by atoms with Crippen LogP contribution in [0, 0.1) is 0 Å². The number of hydrogen-bond acceptors (Lipinski definition) is 4. The summed E-state index contributed by atoms with van der Waals surface area (Å²) >= 11 is 17.5. The zero-order valence-electron chi connectivity index (χ0n) is 20.9. The number of carbonyl (C=O) groups is 2. The summed E-state index contributed by atoms with van der Waals surface area (Å²) in [5, 5.41) is 9.38. The normalized spacial score (nSPS) is 11.1. The number of hydrogen-bond donors (Lipinski definition) is 3. The Morgan fingerprint density at radius 2 is 1.50 bits per heavy atom. The smallest absolute Gasteiger partial charge is 0.293 e. The minimum Gasteiger partial charge on any atom is -0.451 e. The lowest BCUT2D eigenvalue weighted by atomic mass is 9.87. The number of halogens is 2. The molecule has 0 aliphatic heterocycles. The average Bonchev–Trinajstić information content (AvgIpc) is 3.34. The van der Waals surface area contributed by atoms with Gasteiger partial charge in [-0.05, 0) is 83.9 Å². The lowest BCUT2D eigenvalue weighted by Gasteiger charge is -2.19. The second kappa shape index (κ2) is 11.4. The highest BCUT2D eigenvalue weighted by Gasteiger charge is 2.16. The number of furan rings is 1. The fourth-order valence-electron chi connectivity index (χ4n) is 3.62. The lowest BCUT2D eigenvalue weighted by molar-refractivity contribution is 0.0950. The fourth-order valence-corrected chi connectivity index (χ4v) is 4.33. The Balaban J connectivity index is 1.36. The summed E-state index contributed by atoms with van der Waals surface area (Å²) in [5.41, 5.74) is 3.48. The molecule has 0 saturated heterocycles. The molecule has 4 aromatic rings. The molecular formula is C29H25Cl2N3O3S. The van der Waals surface area contributed by atoms with E-state index in [1.165, 1.54) is 6.07 Å². The van der Waals surface area contributed by atoms with Crippen molar-refractivity contribution in [2.75, 3.05) is 10.6 Å². The molecule has 0 radical (unpaired) electrons. The number of anilines is 2. The Kier molecular flexibility index (Phi) is 8.21. The molecule has 0 unspecified atom stereocenters. The molecular weight excluding hydrogens is 541 g/mol. The van der Waals surface area contributed by atoms with Crippen molar-refractivity contribution in [1.29, 1.82) is 0 Å². The zero-order valence-corrected chi connectivity index (χ0v) is 23.2. The summed E-state index contributed by atoms with van der Waals surface area (Å²) in [6.45, 7) is 6.37. The van der Waals surface area contributed by atoms with E-state index in [-0.39, 0.29) is 22.2 Å². The molecule has 2 amide bonds. The van der Waals surface area contributed by atoms with E-state index < -0.39 is 5.91 Å². The van der Waals surface area contributed by atoms with Gasteiger partial charge >= 0.3 is 0 Å². The van der Waals surface area contributed by atoms with E-state index in [0.717, 1.165) is 5.56 Å². The molecule has 3 N–H and O–H groups in total. The van der Waals surface area contributed by atoms with Gasteiger partial charge in [-0.1, -0.05) is 62.2 Å². The highest BCUT2D eigenvalue weighted by Crippen LogP contribution is 2.31. The van der Waals surface area contributed by atoms with E-state index in [0.29, 0.717) is 38.3 Å². The van der Waals surface area contributed by atoms with Gasteiger partial charge in [0.15, 0.2) is 10.9 Å². The molecule has 3 aromatic carbocycles. The molecule has 0 aliphatic carbocycles. The van der Waals surface area contributed by atoms with Gasteiger partial charge in [0, 0.05) is 27.5 Å². The van der Waals surface area contributed by atoms with E-state index in [1.54, 1.807) is 48.5 Å². The third-order valence-electron chi connectivity index (χ3n) is 5.64. The van der Waals surface area contributed by atoms with Gasteiger partial charge in [-0.3, -0.25) is 14.9 Å². The van der Waals surface area contributed by atoms with Crippen molar-refractivity contribution in [3.05, 3.63) is 106 Å². The standard InChI is InChI=1S/C29H25Cl2N3O3S/c1-29(2,3)18-9-7-17(8-10-18)26(35)32-20-5-4-6-21(16-20)33-28(38)34-27(36)25-14-13-24(37-25)22-12-11-19(30)15-23(22)31/h4-16H,1-3H3,(H,32,35)(H2,33,34,36,38). The van der Waals surface area contributed by atoms with Crippen LogP contribution in [0.25, 0.3) is 11.3 Å². The fraction of sp³-hybridized carbons (Fsp3) is 0.138. The first-order valence-corrected chi connectivity index (χ1v) is 12.9. The molecule has 38 heavy (non-hydrogen) atoms. The number of benzene rings is 3. The Labute approximate surface area is 236 Å². The van der Waals surface area contributed by atoms with E-state index in [4.69, 9.17) is 39.8 Å². The summed E-state index contributed by atoms with van der Waals surface area (Å²) in [7, 11) is 0. The van der Waals surface area contributed by atoms with Crippen LogP contribution >= 0.6 is 35.4 Å². The highest BCUT2D eigenvalue weighted by atomic mass is 35.5. The van der Waals surface area contributed by atoms with Gasteiger partial charge in [0.25, 0.3) is 11.8 Å². The third kappa shape index (κ3) is 6.81. The van der Waals surface area contributed by atoms with E-state index in [2.05, 4.69) is 36.7 Å². The first-order valence-electron chi connectivity index (χ1n) is 11.7. The van der Waals surface area contributed by atoms with Crippen molar-refractivity contribution >= 4 is 63.7 Å². The molecule has 9 heteroatoms. The summed E-state index contributed by atoms with van der Waals surface area (Å²) in [5.74, 6) is -0.268. The number of rotatable bonds is 5. The molecule has 1 aromatic heterocycles. The minimum atomic E-state index is -0.526. The summed E-state index contributed by atoms with van der Waals surface area (Å²) < 4.78 is 5.66. The predicted octanol–water partition coefficient (Wildman–Crippen LogP) is 7.93. The van der Waals surface area contributed by atoms with Gasteiger partial charge < -0.3 is 15.1 Å². The molecule has 1 heterocycles. The SMILES string of the molecule is CC(C)(C)c1ccc(C(=O)Nc2cccc(NC(=S)NC(=O)c3ccc(-c4ccc(Cl)cc4Cl)o3)c2)cc1. The first-order chi connectivity index (χ1) is 18.0. The first kappa shape index (κ1) is 27.4. The van der Waals surface area contributed by atoms with Crippen LogP contribution in [0.1, 0.15) is 47.2 Å². The molecule has 4 rings (SSSR count).